The number of anilines is 1. The van der Waals surface area contributed by atoms with E-state index in [1.165, 1.54) is 11.0 Å². The molecule has 146 valence electrons. The Bertz CT molecular complexity index is 1190. The van der Waals surface area contributed by atoms with Crippen LogP contribution in [-0.4, -0.2) is 15.9 Å². The van der Waals surface area contributed by atoms with E-state index in [9.17, 15) is 13.6 Å². The maximum atomic E-state index is 14.2. The van der Waals surface area contributed by atoms with Crippen molar-refractivity contribution in [3.8, 4) is 0 Å². The number of rotatable bonds is 4. The van der Waals surface area contributed by atoms with Crippen LogP contribution in [-0.2, 0) is 6.54 Å². The Morgan fingerprint density at radius 2 is 1.83 bits per heavy atom. The van der Waals surface area contributed by atoms with Crippen LogP contribution in [0.15, 0.2) is 54.7 Å². The first-order valence-electron chi connectivity index (χ1n) is 8.96. The van der Waals surface area contributed by atoms with Crippen molar-refractivity contribution < 1.29 is 13.6 Å². The summed E-state index contributed by atoms with van der Waals surface area (Å²) in [4.78, 5) is 23.4. The number of nitrogens with zero attached hydrogens (tertiary/aromatic N) is 3. The average Bonchev–Trinajstić information content (AvgIpc) is 3.09. The third-order valence-electron chi connectivity index (χ3n) is 4.39. The molecule has 1 amide bonds. The van der Waals surface area contributed by atoms with Crippen molar-refractivity contribution in [3.05, 3.63) is 88.7 Å². The number of carbonyl (C=O) groups is 1. The van der Waals surface area contributed by atoms with Crippen molar-refractivity contribution in [2.24, 2.45) is 0 Å². The molecule has 2 heterocycles. The van der Waals surface area contributed by atoms with Crippen LogP contribution < -0.4 is 4.90 Å². The minimum Gasteiger partial charge on any atom is -0.278 e. The summed E-state index contributed by atoms with van der Waals surface area (Å²) in [6.07, 6.45) is 1.64. The molecular formula is C22H17F2N3OS. The molecule has 0 atom stereocenters. The Hall–Kier alpha value is -3.19. The van der Waals surface area contributed by atoms with E-state index in [1.807, 2.05) is 26.0 Å². The second-order valence-electron chi connectivity index (χ2n) is 6.82. The smallest absolute Gasteiger partial charge is 0.260 e. The van der Waals surface area contributed by atoms with Crippen LogP contribution in [0.25, 0.3) is 10.2 Å². The lowest BCUT2D eigenvalue weighted by atomic mass is 10.1. The summed E-state index contributed by atoms with van der Waals surface area (Å²) in [5.74, 6) is -1.70. The van der Waals surface area contributed by atoms with E-state index in [0.717, 1.165) is 28.5 Å². The number of aryl methyl sites for hydroxylation is 2. The number of halogens is 2. The fourth-order valence-corrected chi connectivity index (χ4v) is 4.20. The number of aromatic nitrogens is 2. The molecule has 0 aliphatic carbocycles. The van der Waals surface area contributed by atoms with Gasteiger partial charge in [-0.15, -0.1) is 0 Å². The molecule has 29 heavy (non-hydrogen) atoms. The zero-order valence-electron chi connectivity index (χ0n) is 15.8. The molecule has 0 aliphatic heterocycles. The van der Waals surface area contributed by atoms with Crippen molar-refractivity contribution in [1.82, 2.24) is 9.97 Å². The highest BCUT2D eigenvalue weighted by Crippen LogP contribution is 2.32. The zero-order valence-corrected chi connectivity index (χ0v) is 16.6. The summed E-state index contributed by atoms with van der Waals surface area (Å²) < 4.78 is 28.1. The van der Waals surface area contributed by atoms with Gasteiger partial charge in [0.05, 0.1) is 16.9 Å². The van der Waals surface area contributed by atoms with Gasteiger partial charge < -0.3 is 0 Å². The van der Waals surface area contributed by atoms with E-state index < -0.39 is 11.6 Å². The van der Waals surface area contributed by atoms with Gasteiger partial charge in [-0.25, -0.2) is 13.8 Å². The molecule has 4 rings (SSSR count). The first kappa shape index (κ1) is 19.1. The fraction of sp³-hybridized carbons (Fsp3) is 0.136. The van der Waals surface area contributed by atoms with Crippen LogP contribution in [0.5, 0.6) is 0 Å². The largest absolute Gasteiger partial charge is 0.278 e. The van der Waals surface area contributed by atoms with E-state index in [4.69, 9.17) is 0 Å². The van der Waals surface area contributed by atoms with Gasteiger partial charge in [0.25, 0.3) is 5.91 Å². The van der Waals surface area contributed by atoms with Gasteiger partial charge in [-0.3, -0.25) is 14.7 Å². The van der Waals surface area contributed by atoms with Gasteiger partial charge in [0.15, 0.2) is 10.9 Å². The monoisotopic (exact) mass is 409 g/mol. The Kier molecular flexibility index (Phi) is 5.07. The van der Waals surface area contributed by atoms with Gasteiger partial charge in [0.1, 0.15) is 11.3 Å². The second-order valence-corrected chi connectivity index (χ2v) is 7.83. The van der Waals surface area contributed by atoms with Crippen molar-refractivity contribution in [3.63, 3.8) is 0 Å². The summed E-state index contributed by atoms with van der Waals surface area (Å²) in [5, 5.41) is 0.291. The molecule has 0 fully saturated rings. The third kappa shape index (κ3) is 4.00. The number of amides is 1. The first-order chi connectivity index (χ1) is 13.9. The Morgan fingerprint density at radius 3 is 2.52 bits per heavy atom. The van der Waals surface area contributed by atoms with Crippen molar-refractivity contribution >= 4 is 32.6 Å². The molecule has 2 aromatic carbocycles. The molecule has 0 aliphatic rings. The Balaban J connectivity index is 1.82. The van der Waals surface area contributed by atoms with E-state index >= 15 is 0 Å². The van der Waals surface area contributed by atoms with Crippen molar-refractivity contribution in [2.75, 3.05) is 4.90 Å². The predicted molar refractivity (Wildman–Crippen MR) is 110 cm³/mol. The minimum atomic E-state index is -0.751. The lowest BCUT2D eigenvalue weighted by molar-refractivity contribution is 0.0984. The number of carbonyl (C=O) groups excluding carboxylic acids is 1. The number of benzene rings is 2. The van der Waals surface area contributed by atoms with Gasteiger partial charge in [-0.05, 0) is 44.2 Å². The summed E-state index contributed by atoms with van der Waals surface area (Å²) in [6.45, 7) is 4.00. The maximum absolute atomic E-state index is 14.2. The Morgan fingerprint density at radius 1 is 1.07 bits per heavy atom. The molecule has 0 spiro atoms. The average molecular weight is 409 g/mol. The molecule has 0 radical (unpaired) electrons. The molecule has 2 aromatic heterocycles. The quantitative estimate of drug-likeness (QED) is 0.451. The number of fused-ring (bicyclic) bond motifs is 1. The zero-order chi connectivity index (χ0) is 20.5. The van der Waals surface area contributed by atoms with Gasteiger partial charge in [-0.2, -0.15) is 0 Å². The fourth-order valence-electron chi connectivity index (χ4n) is 3.19. The maximum Gasteiger partial charge on any atom is 0.260 e. The molecule has 4 nitrogen and oxygen atoms in total. The summed E-state index contributed by atoms with van der Waals surface area (Å²) in [6, 6.07) is 13.0. The molecule has 0 unspecified atom stereocenters. The number of pyridine rings is 1. The number of thiazole rings is 1. The van der Waals surface area contributed by atoms with Crippen LogP contribution in [0, 0.1) is 25.5 Å². The molecule has 0 saturated carbocycles. The number of hydrogen-bond donors (Lipinski definition) is 0. The van der Waals surface area contributed by atoms with Gasteiger partial charge in [0.2, 0.25) is 0 Å². The van der Waals surface area contributed by atoms with E-state index in [-0.39, 0.29) is 18.0 Å². The van der Waals surface area contributed by atoms with Gasteiger partial charge in [-0.1, -0.05) is 34.6 Å². The van der Waals surface area contributed by atoms with Crippen LogP contribution in [0.3, 0.4) is 0 Å². The summed E-state index contributed by atoms with van der Waals surface area (Å²) in [5.41, 5.74) is 3.14. The molecule has 7 heteroatoms. The SMILES string of the molecule is Cc1cc(C)cc(C(=O)N(Cc2ccccn2)c2nc3c(F)cc(F)cc3s2)c1. The van der Waals surface area contributed by atoms with Crippen LogP contribution in [0.2, 0.25) is 0 Å². The predicted octanol–water partition coefficient (Wildman–Crippen LogP) is 5.43. The lowest BCUT2D eigenvalue weighted by Gasteiger charge is -2.20. The molecule has 4 aromatic rings. The van der Waals surface area contributed by atoms with Crippen LogP contribution in [0.4, 0.5) is 13.9 Å². The molecule has 0 bridgehead atoms. The first-order valence-corrected chi connectivity index (χ1v) is 9.78. The van der Waals surface area contributed by atoms with E-state index in [1.54, 1.807) is 30.5 Å². The second kappa shape index (κ2) is 7.67. The number of hydrogen-bond acceptors (Lipinski definition) is 4. The minimum absolute atomic E-state index is 0.0469. The highest BCUT2D eigenvalue weighted by Gasteiger charge is 2.23. The lowest BCUT2D eigenvalue weighted by Crippen LogP contribution is -2.30. The van der Waals surface area contributed by atoms with Crippen LogP contribution in [0.1, 0.15) is 27.2 Å². The summed E-state index contributed by atoms with van der Waals surface area (Å²) >= 11 is 1.07. The molecule has 0 N–H and O–H groups in total. The van der Waals surface area contributed by atoms with Gasteiger partial charge >= 0.3 is 0 Å². The summed E-state index contributed by atoms with van der Waals surface area (Å²) in [7, 11) is 0. The van der Waals surface area contributed by atoms with E-state index in [0.29, 0.717) is 21.1 Å². The topological polar surface area (TPSA) is 46.1 Å². The molecular weight excluding hydrogens is 392 g/mol. The van der Waals surface area contributed by atoms with Crippen molar-refractivity contribution in [2.45, 2.75) is 20.4 Å². The normalized spacial score (nSPS) is 11.0. The molecule has 0 saturated heterocycles. The van der Waals surface area contributed by atoms with Gasteiger partial charge in [0, 0.05) is 17.8 Å². The third-order valence-corrected chi connectivity index (χ3v) is 5.42. The Labute approximate surface area is 170 Å². The van der Waals surface area contributed by atoms with Crippen molar-refractivity contribution in [1.29, 1.82) is 0 Å². The highest BCUT2D eigenvalue weighted by molar-refractivity contribution is 7.22. The standard InChI is InChI=1S/C22H17F2N3OS/c1-13-7-14(2)9-15(8-13)21(28)27(12-17-5-3-4-6-25-17)22-26-20-18(24)10-16(23)11-19(20)29-22/h3-11H,12H2,1-2H3. The highest BCUT2D eigenvalue weighted by atomic mass is 32.1. The van der Waals surface area contributed by atoms with Crippen LogP contribution >= 0.6 is 11.3 Å². The van der Waals surface area contributed by atoms with E-state index in [2.05, 4.69) is 9.97 Å².